The second-order valence-electron chi connectivity index (χ2n) is 6.51. The number of rotatable bonds is 8. The van der Waals surface area contributed by atoms with Crippen LogP contribution in [0.15, 0.2) is 70.4 Å². The summed E-state index contributed by atoms with van der Waals surface area (Å²) in [5.41, 5.74) is 2.65. The third-order valence-electron chi connectivity index (χ3n) is 4.45. The molecule has 2 heterocycles. The summed E-state index contributed by atoms with van der Waals surface area (Å²) in [6.07, 6.45) is 3.41. The molecule has 8 nitrogen and oxygen atoms in total. The van der Waals surface area contributed by atoms with Crippen molar-refractivity contribution in [2.45, 2.75) is 13.5 Å². The number of aromatic nitrogens is 2. The second-order valence-corrected chi connectivity index (χ2v) is 6.51. The van der Waals surface area contributed by atoms with Crippen LogP contribution in [0.4, 0.5) is 0 Å². The molecule has 0 atom stereocenters. The van der Waals surface area contributed by atoms with Crippen molar-refractivity contribution in [2.24, 2.45) is 5.10 Å². The molecule has 0 spiro atoms. The van der Waals surface area contributed by atoms with E-state index in [1.54, 1.807) is 29.4 Å². The lowest BCUT2D eigenvalue weighted by Crippen LogP contribution is -2.01. The van der Waals surface area contributed by atoms with E-state index >= 15 is 0 Å². The number of benzene rings is 2. The Morgan fingerprint density at radius 2 is 2.00 bits per heavy atom. The summed E-state index contributed by atoms with van der Waals surface area (Å²) in [4.78, 5) is 15.8. The van der Waals surface area contributed by atoms with E-state index in [0.29, 0.717) is 23.9 Å². The van der Waals surface area contributed by atoms with E-state index in [1.807, 2.05) is 49.4 Å². The van der Waals surface area contributed by atoms with Gasteiger partial charge in [0.25, 0.3) is 0 Å². The van der Waals surface area contributed by atoms with Gasteiger partial charge in [-0.3, -0.25) is 0 Å². The summed E-state index contributed by atoms with van der Waals surface area (Å²) in [5.74, 6) is 1.24. The molecule has 0 fully saturated rings. The SMILES string of the molecule is CCOc1cc(/C=N\n2cnc3ccccc32)ccc1OCc1ccc(C(=O)OC)o1. The molecule has 4 rings (SSSR count). The molecular weight excluding hydrogens is 398 g/mol. The summed E-state index contributed by atoms with van der Waals surface area (Å²) in [6, 6.07) is 16.5. The number of para-hydroxylation sites is 2. The number of furan rings is 1. The first kappa shape index (κ1) is 20.2. The number of esters is 1. The highest BCUT2D eigenvalue weighted by Gasteiger charge is 2.13. The van der Waals surface area contributed by atoms with Crippen LogP contribution in [0.25, 0.3) is 11.0 Å². The van der Waals surface area contributed by atoms with Gasteiger partial charge in [0.2, 0.25) is 5.76 Å². The van der Waals surface area contributed by atoms with E-state index in [4.69, 9.17) is 13.9 Å². The van der Waals surface area contributed by atoms with Crippen molar-refractivity contribution < 1.29 is 23.4 Å². The molecule has 0 aliphatic heterocycles. The zero-order valence-corrected chi connectivity index (χ0v) is 17.1. The molecule has 0 unspecified atom stereocenters. The number of carbonyl (C=O) groups excluding carboxylic acids is 1. The first-order chi connectivity index (χ1) is 15.2. The van der Waals surface area contributed by atoms with Gasteiger partial charge in [0.05, 0.1) is 31.0 Å². The fourth-order valence-electron chi connectivity index (χ4n) is 2.97. The summed E-state index contributed by atoms with van der Waals surface area (Å²) in [5, 5.41) is 4.49. The average molecular weight is 419 g/mol. The first-order valence-electron chi connectivity index (χ1n) is 9.71. The Morgan fingerprint density at radius 1 is 1.13 bits per heavy atom. The van der Waals surface area contributed by atoms with Crippen LogP contribution in [0.3, 0.4) is 0 Å². The zero-order chi connectivity index (χ0) is 21.6. The van der Waals surface area contributed by atoms with Crippen LogP contribution in [0.5, 0.6) is 11.5 Å². The van der Waals surface area contributed by atoms with E-state index in [2.05, 4.69) is 14.8 Å². The molecule has 2 aromatic carbocycles. The van der Waals surface area contributed by atoms with Gasteiger partial charge in [0, 0.05) is 0 Å². The van der Waals surface area contributed by atoms with Crippen molar-refractivity contribution in [1.29, 1.82) is 0 Å². The third-order valence-corrected chi connectivity index (χ3v) is 4.45. The fraction of sp³-hybridized carbons (Fsp3) is 0.174. The van der Waals surface area contributed by atoms with E-state index in [0.717, 1.165) is 16.6 Å². The molecule has 0 aliphatic carbocycles. The number of methoxy groups -OCH3 is 1. The van der Waals surface area contributed by atoms with E-state index in [1.165, 1.54) is 7.11 Å². The van der Waals surface area contributed by atoms with E-state index in [9.17, 15) is 4.79 Å². The van der Waals surface area contributed by atoms with Gasteiger partial charge in [0.15, 0.2) is 11.5 Å². The molecule has 0 bridgehead atoms. The van der Waals surface area contributed by atoms with Crippen LogP contribution in [0.1, 0.15) is 28.8 Å². The maximum absolute atomic E-state index is 11.5. The number of hydrogen-bond donors (Lipinski definition) is 0. The van der Waals surface area contributed by atoms with Gasteiger partial charge in [-0.25, -0.2) is 14.5 Å². The fourth-order valence-corrected chi connectivity index (χ4v) is 2.97. The van der Waals surface area contributed by atoms with Crippen LogP contribution in [0, 0.1) is 0 Å². The summed E-state index contributed by atoms with van der Waals surface area (Å²) >= 11 is 0. The Bertz CT molecular complexity index is 1220. The highest BCUT2D eigenvalue weighted by atomic mass is 16.5. The molecular formula is C23H21N3O5. The molecule has 4 aromatic rings. The number of nitrogens with zero attached hydrogens (tertiary/aromatic N) is 3. The Balaban J connectivity index is 1.49. The van der Waals surface area contributed by atoms with Crippen molar-refractivity contribution in [2.75, 3.05) is 13.7 Å². The topological polar surface area (TPSA) is 88.1 Å². The number of hydrogen-bond acceptors (Lipinski definition) is 7. The van der Waals surface area contributed by atoms with Crippen LogP contribution in [-0.4, -0.2) is 35.6 Å². The zero-order valence-electron chi connectivity index (χ0n) is 17.1. The largest absolute Gasteiger partial charge is 0.490 e. The van der Waals surface area contributed by atoms with Gasteiger partial charge >= 0.3 is 5.97 Å². The standard InChI is InChI=1S/C23H21N3O5/c1-3-29-22-12-16(13-25-26-15-24-18-6-4-5-7-19(18)26)8-10-20(22)30-14-17-9-11-21(31-17)23(27)28-2/h4-13,15H,3,14H2,1-2H3/b25-13-. The van der Waals surface area contributed by atoms with Gasteiger partial charge < -0.3 is 18.6 Å². The molecule has 158 valence electrons. The number of imidazole rings is 1. The molecule has 0 saturated carbocycles. The summed E-state index contributed by atoms with van der Waals surface area (Å²) in [6.45, 7) is 2.53. The number of ether oxygens (including phenoxy) is 3. The van der Waals surface area contributed by atoms with E-state index in [-0.39, 0.29) is 12.4 Å². The Hall–Kier alpha value is -4.07. The molecule has 31 heavy (non-hydrogen) atoms. The van der Waals surface area contributed by atoms with Gasteiger partial charge in [-0.05, 0) is 55.0 Å². The van der Waals surface area contributed by atoms with Crippen LogP contribution < -0.4 is 9.47 Å². The van der Waals surface area contributed by atoms with Crippen LogP contribution in [0.2, 0.25) is 0 Å². The summed E-state index contributed by atoms with van der Waals surface area (Å²) in [7, 11) is 1.30. The van der Waals surface area contributed by atoms with Crippen molar-refractivity contribution in [1.82, 2.24) is 9.66 Å². The molecule has 8 heteroatoms. The maximum atomic E-state index is 11.5. The Kier molecular flexibility index (Phi) is 5.98. The molecule has 0 saturated heterocycles. The molecule has 0 radical (unpaired) electrons. The number of carbonyl (C=O) groups is 1. The van der Waals surface area contributed by atoms with Gasteiger partial charge in [-0.1, -0.05) is 12.1 Å². The molecule has 0 amide bonds. The van der Waals surface area contributed by atoms with Crippen LogP contribution >= 0.6 is 0 Å². The minimum absolute atomic E-state index is 0.129. The Labute approximate surface area is 178 Å². The first-order valence-corrected chi connectivity index (χ1v) is 9.71. The molecule has 0 N–H and O–H groups in total. The van der Waals surface area contributed by atoms with Crippen molar-refractivity contribution in [3.63, 3.8) is 0 Å². The summed E-state index contributed by atoms with van der Waals surface area (Å²) < 4.78 is 23.3. The maximum Gasteiger partial charge on any atom is 0.373 e. The second kappa shape index (κ2) is 9.17. The Morgan fingerprint density at radius 3 is 2.84 bits per heavy atom. The lowest BCUT2D eigenvalue weighted by molar-refractivity contribution is 0.0561. The van der Waals surface area contributed by atoms with Gasteiger partial charge in [-0.2, -0.15) is 5.10 Å². The average Bonchev–Trinajstić information content (AvgIpc) is 3.44. The lowest BCUT2D eigenvalue weighted by Gasteiger charge is -2.11. The van der Waals surface area contributed by atoms with Crippen molar-refractivity contribution in [3.8, 4) is 11.5 Å². The van der Waals surface area contributed by atoms with E-state index < -0.39 is 5.97 Å². The minimum atomic E-state index is -0.532. The number of fused-ring (bicyclic) bond motifs is 1. The predicted molar refractivity (Wildman–Crippen MR) is 115 cm³/mol. The quantitative estimate of drug-likeness (QED) is 0.313. The predicted octanol–water partition coefficient (Wildman–Crippen LogP) is 4.28. The smallest absolute Gasteiger partial charge is 0.373 e. The molecule has 0 aliphatic rings. The monoisotopic (exact) mass is 419 g/mol. The van der Waals surface area contributed by atoms with Crippen molar-refractivity contribution in [3.05, 3.63) is 78.0 Å². The normalized spacial score (nSPS) is 11.2. The highest BCUT2D eigenvalue weighted by molar-refractivity contribution is 5.86. The van der Waals surface area contributed by atoms with Gasteiger partial charge in [0.1, 0.15) is 18.7 Å². The third kappa shape index (κ3) is 4.58. The molecule has 2 aromatic heterocycles. The lowest BCUT2D eigenvalue weighted by atomic mass is 10.2. The highest BCUT2D eigenvalue weighted by Crippen LogP contribution is 2.29. The van der Waals surface area contributed by atoms with Gasteiger partial charge in [-0.15, -0.1) is 0 Å². The van der Waals surface area contributed by atoms with Crippen molar-refractivity contribution >= 4 is 23.2 Å². The minimum Gasteiger partial charge on any atom is -0.490 e. The van der Waals surface area contributed by atoms with Crippen LogP contribution in [-0.2, 0) is 11.3 Å².